The molecule has 98 valence electrons. The number of carbonyl (C=O) groups is 1. The lowest BCUT2D eigenvalue weighted by atomic mass is 10.2. The number of rotatable bonds is 5. The van der Waals surface area contributed by atoms with Crippen molar-refractivity contribution in [3.05, 3.63) is 18.3 Å². The van der Waals surface area contributed by atoms with Crippen molar-refractivity contribution in [2.24, 2.45) is 11.7 Å². The first-order valence-electron chi connectivity index (χ1n) is 6.41. The van der Waals surface area contributed by atoms with Crippen LogP contribution in [0.25, 0.3) is 0 Å². The van der Waals surface area contributed by atoms with Gasteiger partial charge in [-0.15, -0.1) is 0 Å². The molecule has 1 aromatic rings. The minimum Gasteiger partial charge on any atom is -0.370 e. The van der Waals surface area contributed by atoms with Crippen LogP contribution in [0.3, 0.4) is 0 Å². The fraction of sp³-hybridized carbons (Fsp3) is 0.538. The van der Waals surface area contributed by atoms with Gasteiger partial charge < -0.3 is 16.0 Å². The first kappa shape index (κ1) is 12.8. The predicted molar refractivity (Wildman–Crippen MR) is 72.5 cm³/mol. The van der Waals surface area contributed by atoms with E-state index in [0.717, 1.165) is 31.0 Å². The molecule has 2 heterocycles. The second kappa shape index (κ2) is 5.82. The summed E-state index contributed by atoms with van der Waals surface area (Å²) < 4.78 is 0. The van der Waals surface area contributed by atoms with E-state index in [1.165, 1.54) is 0 Å². The van der Waals surface area contributed by atoms with Crippen molar-refractivity contribution in [2.45, 2.75) is 19.8 Å². The van der Waals surface area contributed by atoms with Crippen LogP contribution in [0.4, 0.5) is 11.5 Å². The zero-order chi connectivity index (χ0) is 13.0. The fourth-order valence-electron chi connectivity index (χ4n) is 1.93. The Morgan fingerprint density at radius 3 is 2.94 bits per heavy atom. The van der Waals surface area contributed by atoms with Crippen LogP contribution in [0, 0.1) is 5.92 Å². The molecule has 1 unspecified atom stereocenters. The van der Waals surface area contributed by atoms with Crippen LogP contribution in [0.15, 0.2) is 18.3 Å². The number of aromatic nitrogens is 1. The minimum atomic E-state index is 0.189. The van der Waals surface area contributed by atoms with E-state index in [1.54, 1.807) is 11.1 Å². The number of anilines is 2. The monoisotopic (exact) mass is 248 g/mol. The van der Waals surface area contributed by atoms with Crippen LogP contribution >= 0.6 is 0 Å². The van der Waals surface area contributed by atoms with Crippen molar-refractivity contribution in [2.75, 3.05) is 29.9 Å². The maximum atomic E-state index is 11.6. The van der Waals surface area contributed by atoms with Crippen LogP contribution in [0.5, 0.6) is 0 Å². The molecular weight excluding hydrogens is 228 g/mol. The Hall–Kier alpha value is -1.62. The molecule has 1 aliphatic heterocycles. The number of carbonyl (C=O) groups excluding carboxylic acids is 1. The summed E-state index contributed by atoms with van der Waals surface area (Å²) in [6.45, 7) is 4.36. The van der Waals surface area contributed by atoms with E-state index >= 15 is 0 Å². The van der Waals surface area contributed by atoms with Crippen molar-refractivity contribution in [1.82, 2.24) is 4.98 Å². The molecule has 1 amide bonds. The normalized spacial score (nSPS) is 17.0. The van der Waals surface area contributed by atoms with Crippen LogP contribution in [-0.4, -0.2) is 30.5 Å². The third kappa shape index (κ3) is 2.98. The standard InChI is InChI=1S/C13H20N4O/c1-10(7-14)8-15-12-5-4-11(9-16-12)17-6-2-3-13(17)18/h4-5,9-10H,2-3,6-8,14H2,1H3,(H,15,16). The fourth-order valence-corrected chi connectivity index (χ4v) is 1.93. The van der Waals surface area contributed by atoms with Gasteiger partial charge in [0.1, 0.15) is 5.82 Å². The van der Waals surface area contributed by atoms with Gasteiger partial charge in [0.2, 0.25) is 5.91 Å². The Morgan fingerprint density at radius 1 is 1.56 bits per heavy atom. The van der Waals surface area contributed by atoms with Gasteiger partial charge in [0, 0.05) is 19.5 Å². The summed E-state index contributed by atoms with van der Waals surface area (Å²) in [5.74, 6) is 1.44. The predicted octanol–water partition coefficient (Wildman–Crippen LogP) is 1.22. The number of amides is 1. The van der Waals surface area contributed by atoms with Gasteiger partial charge in [-0.2, -0.15) is 0 Å². The van der Waals surface area contributed by atoms with Crippen molar-refractivity contribution < 1.29 is 4.79 Å². The van der Waals surface area contributed by atoms with Gasteiger partial charge in [-0.1, -0.05) is 6.92 Å². The summed E-state index contributed by atoms with van der Waals surface area (Å²) in [5, 5.41) is 3.23. The molecule has 1 aromatic heterocycles. The second-order valence-corrected chi connectivity index (χ2v) is 4.77. The highest BCUT2D eigenvalue weighted by Gasteiger charge is 2.21. The molecule has 1 aliphatic rings. The van der Waals surface area contributed by atoms with Gasteiger partial charge in [-0.3, -0.25) is 4.79 Å². The van der Waals surface area contributed by atoms with Crippen molar-refractivity contribution >= 4 is 17.4 Å². The Labute approximate surface area is 107 Å². The molecule has 0 bridgehead atoms. The maximum absolute atomic E-state index is 11.6. The number of nitrogens with zero attached hydrogens (tertiary/aromatic N) is 2. The van der Waals surface area contributed by atoms with Gasteiger partial charge in [0.05, 0.1) is 11.9 Å². The summed E-state index contributed by atoms with van der Waals surface area (Å²) in [5.41, 5.74) is 6.44. The number of nitrogens with one attached hydrogen (secondary N) is 1. The Balaban J connectivity index is 1.95. The average molecular weight is 248 g/mol. The van der Waals surface area contributed by atoms with E-state index < -0.39 is 0 Å². The first-order valence-corrected chi connectivity index (χ1v) is 6.41. The molecule has 0 saturated carbocycles. The topological polar surface area (TPSA) is 71.2 Å². The molecule has 1 fully saturated rings. The maximum Gasteiger partial charge on any atom is 0.227 e. The van der Waals surface area contributed by atoms with Gasteiger partial charge in [0.15, 0.2) is 0 Å². The zero-order valence-electron chi connectivity index (χ0n) is 10.7. The lowest BCUT2D eigenvalue weighted by Gasteiger charge is -2.16. The van der Waals surface area contributed by atoms with Crippen molar-refractivity contribution in [3.8, 4) is 0 Å². The molecule has 0 aliphatic carbocycles. The number of nitrogens with two attached hydrogens (primary N) is 1. The lowest BCUT2D eigenvalue weighted by Crippen LogP contribution is -2.24. The molecule has 0 aromatic carbocycles. The van der Waals surface area contributed by atoms with E-state index in [1.807, 2.05) is 12.1 Å². The number of hydrogen-bond donors (Lipinski definition) is 2. The van der Waals surface area contributed by atoms with Crippen molar-refractivity contribution in [1.29, 1.82) is 0 Å². The highest BCUT2D eigenvalue weighted by atomic mass is 16.2. The molecule has 2 rings (SSSR count). The van der Waals surface area contributed by atoms with Crippen LogP contribution < -0.4 is 16.0 Å². The summed E-state index contributed by atoms with van der Waals surface area (Å²) in [4.78, 5) is 17.7. The van der Waals surface area contributed by atoms with Gasteiger partial charge in [-0.25, -0.2) is 4.98 Å². The molecule has 1 atom stereocenters. The molecule has 3 N–H and O–H groups in total. The largest absolute Gasteiger partial charge is 0.370 e. The van der Waals surface area contributed by atoms with Crippen LogP contribution in [0.2, 0.25) is 0 Å². The Bertz CT molecular complexity index is 404. The van der Waals surface area contributed by atoms with E-state index in [4.69, 9.17) is 5.73 Å². The molecule has 0 radical (unpaired) electrons. The molecule has 0 spiro atoms. The minimum absolute atomic E-state index is 0.189. The summed E-state index contributed by atoms with van der Waals surface area (Å²) in [7, 11) is 0. The SMILES string of the molecule is CC(CN)CNc1ccc(N2CCCC2=O)cn1. The average Bonchev–Trinajstić information content (AvgIpc) is 2.83. The second-order valence-electron chi connectivity index (χ2n) is 4.77. The quantitative estimate of drug-likeness (QED) is 0.821. The van der Waals surface area contributed by atoms with Gasteiger partial charge >= 0.3 is 0 Å². The number of hydrogen-bond acceptors (Lipinski definition) is 4. The van der Waals surface area contributed by atoms with E-state index in [0.29, 0.717) is 18.9 Å². The molecule has 1 saturated heterocycles. The Morgan fingerprint density at radius 2 is 2.39 bits per heavy atom. The third-order valence-electron chi connectivity index (χ3n) is 3.17. The Kier molecular flexibility index (Phi) is 4.15. The summed E-state index contributed by atoms with van der Waals surface area (Å²) in [6, 6.07) is 3.84. The summed E-state index contributed by atoms with van der Waals surface area (Å²) >= 11 is 0. The van der Waals surface area contributed by atoms with Gasteiger partial charge in [-0.05, 0) is 31.0 Å². The van der Waals surface area contributed by atoms with E-state index in [-0.39, 0.29) is 5.91 Å². The summed E-state index contributed by atoms with van der Waals surface area (Å²) in [6.07, 6.45) is 3.33. The highest BCUT2D eigenvalue weighted by Crippen LogP contribution is 2.21. The number of pyridine rings is 1. The zero-order valence-corrected chi connectivity index (χ0v) is 10.7. The van der Waals surface area contributed by atoms with Crippen LogP contribution in [0.1, 0.15) is 19.8 Å². The lowest BCUT2D eigenvalue weighted by molar-refractivity contribution is -0.117. The molecule has 18 heavy (non-hydrogen) atoms. The van der Waals surface area contributed by atoms with Crippen molar-refractivity contribution in [3.63, 3.8) is 0 Å². The molecule has 5 nitrogen and oxygen atoms in total. The van der Waals surface area contributed by atoms with Crippen LogP contribution in [-0.2, 0) is 4.79 Å². The van der Waals surface area contributed by atoms with E-state index in [2.05, 4.69) is 17.2 Å². The molecule has 5 heteroatoms. The third-order valence-corrected chi connectivity index (χ3v) is 3.17. The first-order chi connectivity index (χ1) is 8.70. The smallest absolute Gasteiger partial charge is 0.227 e. The van der Waals surface area contributed by atoms with E-state index in [9.17, 15) is 4.79 Å². The highest BCUT2D eigenvalue weighted by molar-refractivity contribution is 5.95. The molecular formula is C13H20N4O. The van der Waals surface area contributed by atoms with Gasteiger partial charge in [0.25, 0.3) is 0 Å².